The van der Waals surface area contributed by atoms with Crippen molar-refractivity contribution in [3.8, 4) is 0 Å². The van der Waals surface area contributed by atoms with Gasteiger partial charge in [0.1, 0.15) is 0 Å². The standard InChI is InChI=1S/C8H9ClF2N2O/c9-5-2-13-6(1-12)4(3-14)7(5)8(10)11/h2,8,14H,1,3,12H2. The molecular weight excluding hydrogens is 214 g/mol. The summed E-state index contributed by atoms with van der Waals surface area (Å²) in [4.78, 5) is 3.76. The van der Waals surface area contributed by atoms with Gasteiger partial charge in [0.25, 0.3) is 6.43 Å². The molecule has 0 bridgehead atoms. The summed E-state index contributed by atoms with van der Waals surface area (Å²) in [5.74, 6) is 0. The molecule has 1 heterocycles. The first-order chi connectivity index (χ1) is 6.61. The highest BCUT2D eigenvalue weighted by atomic mass is 35.5. The van der Waals surface area contributed by atoms with Crippen LogP contribution in [0.15, 0.2) is 6.20 Å². The predicted molar refractivity (Wildman–Crippen MR) is 48.0 cm³/mol. The number of pyridine rings is 1. The molecule has 0 spiro atoms. The van der Waals surface area contributed by atoms with Crippen molar-refractivity contribution in [2.75, 3.05) is 0 Å². The first kappa shape index (κ1) is 11.3. The van der Waals surface area contributed by atoms with Crippen LogP contribution in [0.2, 0.25) is 5.02 Å². The number of nitrogens with zero attached hydrogens (tertiary/aromatic N) is 1. The minimum atomic E-state index is -2.74. The quantitative estimate of drug-likeness (QED) is 0.817. The number of aliphatic hydroxyl groups is 1. The van der Waals surface area contributed by atoms with E-state index in [9.17, 15) is 8.78 Å². The summed E-state index contributed by atoms with van der Waals surface area (Å²) in [5, 5.41) is 8.76. The molecule has 0 aliphatic rings. The number of hydrogen-bond donors (Lipinski definition) is 2. The molecule has 0 saturated carbocycles. The van der Waals surface area contributed by atoms with Gasteiger partial charge in [-0.3, -0.25) is 4.98 Å². The monoisotopic (exact) mass is 222 g/mol. The third-order valence-corrected chi connectivity index (χ3v) is 2.14. The maximum atomic E-state index is 12.5. The molecule has 1 aromatic heterocycles. The van der Waals surface area contributed by atoms with Crippen molar-refractivity contribution in [1.82, 2.24) is 4.98 Å². The summed E-state index contributed by atoms with van der Waals surface area (Å²) in [7, 11) is 0. The van der Waals surface area contributed by atoms with Crippen LogP contribution in [0.3, 0.4) is 0 Å². The lowest BCUT2D eigenvalue weighted by Crippen LogP contribution is -2.08. The van der Waals surface area contributed by atoms with E-state index in [1.54, 1.807) is 0 Å². The molecule has 0 aromatic carbocycles. The van der Waals surface area contributed by atoms with E-state index in [1.165, 1.54) is 0 Å². The van der Waals surface area contributed by atoms with Crippen molar-refractivity contribution >= 4 is 11.6 Å². The van der Waals surface area contributed by atoms with E-state index >= 15 is 0 Å². The Bertz CT molecular complexity index is 333. The first-order valence-corrected chi connectivity index (χ1v) is 4.24. The lowest BCUT2D eigenvalue weighted by molar-refractivity contribution is 0.147. The van der Waals surface area contributed by atoms with Crippen LogP contribution in [0.5, 0.6) is 0 Å². The Morgan fingerprint density at radius 3 is 2.64 bits per heavy atom. The Hall–Kier alpha value is -0.780. The molecule has 0 fully saturated rings. The van der Waals surface area contributed by atoms with Gasteiger partial charge in [-0.05, 0) is 0 Å². The molecule has 0 amide bonds. The van der Waals surface area contributed by atoms with Crippen molar-refractivity contribution in [2.45, 2.75) is 19.6 Å². The number of aromatic nitrogens is 1. The smallest absolute Gasteiger partial charge is 0.265 e. The van der Waals surface area contributed by atoms with Gasteiger partial charge in [-0.2, -0.15) is 0 Å². The maximum absolute atomic E-state index is 12.5. The van der Waals surface area contributed by atoms with Crippen LogP contribution in [-0.2, 0) is 13.2 Å². The Balaban J connectivity index is 3.35. The van der Waals surface area contributed by atoms with Crippen LogP contribution in [0.4, 0.5) is 8.78 Å². The van der Waals surface area contributed by atoms with Gasteiger partial charge in [0.2, 0.25) is 0 Å². The van der Waals surface area contributed by atoms with Crippen LogP contribution in [0, 0.1) is 0 Å². The van der Waals surface area contributed by atoms with Crippen molar-refractivity contribution in [3.05, 3.63) is 28.0 Å². The highest BCUT2D eigenvalue weighted by Gasteiger charge is 2.19. The normalized spacial score (nSPS) is 11.0. The minimum Gasteiger partial charge on any atom is -0.392 e. The van der Waals surface area contributed by atoms with Gasteiger partial charge in [-0.1, -0.05) is 11.6 Å². The molecule has 0 radical (unpaired) electrons. The van der Waals surface area contributed by atoms with Gasteiger partial charge in [0, 0.05) is 23.9 Å². The van der Waals surface area contributed by atoms with Gasteiger partial charge >= 0.3 is 0 Å². The van der Waals surface area contributed by atoms with E-state index in [-0.39, 0.29) is 28.4 Å². The number of rotatable bonds is 3. The van der Waals surface area contributed by atoms with Crippen molar-refractivity contribution < 1.29 is 13.9 Å². The van der Waals surface area contributed by atoms with Crippen molar-refractivity contribution in [1.29, 1.82) is 0 Å². The number of halogens is 3. The lowest BCUT2D eigenvalue weighted by atomic mass is 10.1. The van der Waals surface area contributed by atoms with Gasteiger partial charge in [-0.25, -0.2) is 8.78 Å². The molecule has 0 saturated heterocycles. The molecule has 0 atom stereocenters. The molecule has 0 unspecified atom stereocenters. The van der Waals surface area contributed by atoms with Gasteiger partial charge in [-0.15, -0.1) is 0 Å². The van der Waals surface area contributed by atoms with E-state index in [0.717, 1.165) is 6.20 Å². The Morgan fingerprint density at radius 2 is 2.21 bits per heavy atom. The first-order valence-electron chi connectivity index (χ1n) is 3.87. The number of alkyl halides is 2. The number of hydrogen-bond acceptors (Lipinski definition) is 3. The molecule has 6 heteroatoms. The van der Waals surface area contributed by atoms with Crippen LogP contribution in [0.25, 0.3) is 0 Å². The second-order valence-electron chi connectivity index (χ2n) is 2.61. The van der Waals surface area contributed by atoms with Crippen LogP contribution in [0.1, 0.15) is 23.2 Å². The largest absolute Gasteiger partial charge is 0.392 e. The average Bonchev–Trinajstić information content (AvgIpc) is 2.16. The molecule has 1 aromatic rings. The topological polar surface area (TPSA) is 59.1 Å². The average molecular weight is 223 g/mol. The summed E-state index contributed by atoms with van der Waals surface area (Å²) in [6.45, 7) is -0.549. The zero-order valence-corrected chi connectivity index (χ0v) is 7.93. The Kier molecular flexibility index (Phi) is 3.74. The summed E-state index contributed by atoms with van der Waals surface area (Å²) in [5.41, 5.74) is 5.17. The van der Waals surface area contributed by atoms with Gasteiger partial charge in [0.05, 0.1) is 17.3 Å². The second kappa shape index (κ2) is 4.63. The van der Waals surface area contributed by atoms with E-state index in [0.29, 0.717) is 0 Å². The fourth-order valence-electron chi connectivity index (χ4n) is 1.17. The van der Waals surface area contributed by atoms with E-state index in [1.807, 2.05) is 0 Å². The number of aliphatic hydroxyl groups excluding tert-OH is 1. The van der Waals surface area contributed by atoms with Crippen LogP contribution in [-0.4, -0.2) is 10.1 Å². The van der Waals surface area contributed by atoms with Crippen LogP contribution >= 0.6 is 11.6 Å². The molecule has 14 heavy (non-hydrogen) atoms. The van der Waals surface area contributed by atoms with Crippen LogP contribution < -0.4 is 5.73 Å². The molecule has 0 aliphatic heterocycles. The zero-order chi connectivity index (χ0) is 10.7. The minimum absolute atomic E-state index is 0.00716. The summed E-state index contributed by atoms with van der Waals surface area (Å²) in [6.07, 6.45) is -1.62. The summed E-state index contributed by atoms with van der Waals surface area (Å²) >= 11 is 5.54. The van der Waals surface area contributed by atoms with Crippen molar-refractivity contribution in [2.24, 2.45) is 5.73 Å². The summed E-state index contributed by atoms with van der Waals surface area (Å²) < 4.78 is 25.1. The van der Waals surface area contributed by atoms with E-state index in [4.69, 9.17) is 22.4 Å². The fraction of sp³-hybridized carbons (Fsp3) is 0.375. The summed E-state index contributed by atoms with van der Waals surface area (Å²) in [6, 6.07) is 0. The predicted octanol–water partition coefficient (Wildman–Crippen LogP) is 1.62. The third-order valence-electron chi connectivity index (χ3n) is 1.83. The molecular formula is C8H9ClF2N2O. The lowest BCUT2D eigenvalue weighted by Gasteiger charge is -2.11. The SMILES string of the molecule is NCc1ncc(Cl)c(C(F)F)c1CO. The Labute approximate surface area is 84.5 Å². The highest BCUT2D eigenvalue weighted by molar-refractivity contribution is 6.31. The van der Waals surface area contributed by atoms with Crippen molar-refractivity contribution in [3.63, 3.8) is 0 Å². The fourth-order valence-corrected chi connectivity index (χ4v) is 1.42. The highest BCUT2D eigenvalue weighted by Crippen LogP contribution is 2.31. The van der Waals surface area contributed by atoms with Gasteiger partial charge in [0.15, 0.2) is 0 Å². The van der Waals surface area contributed by atoms with E-state index < -0.39 is 13.0 Å². The number of nitrogens with two attached hydrogens (primary N) is 1. The van der Waals surface area contributed by atoms with Gasteiger partial charge < -0.3 is 10.8 Å². The second-order valence-corrected chi connectivity index (χ2v) is 3.02. The molecule has 0 aliphatic carbocycles. The third kappa shape index (κ3) is 2.00. The maximum Gasteiger partial charge on any atom is 0.265 e. The van der Waals surface area contributed by atoms with E-state index in [2.05, 4.69) is 4.98 Å². The molecule has 1 rings (SSSR count). The molecule has 78 valence electrons. The molecule has 3 nitrogen and oxygen atoms in total. The zero-order valence-electron chi connectivity index (χ0n) is 7.17. The molecule has 3 N–H and O–H groups in total. The Morgan fingerprint density at radius 1 is 1.57 bits per heavy atom.